The number of rotatable bonds is 3. The normalized spacial score (nSPS) is 11.9. The molecule has 0 unspecified atom stereocenters. The van der Waals surface area contributed by atoms with Gasteiger partial charge in [-0.25, -0.2) is 4.98 Å². The lowest BCUT2D eigenvalue weighted by atomic mass is 10.1. The lowest BCUT2D eigenvalue weighted by Crippen LogP contribution is -1.80. The monoisotopic (exact) mass is 391 g/mol. The third-order valence-electron chi connectivity index (χ3n) is 4.35. The van der Waals surface area contributed by atoms with Crippen molar-refractivity contribution in [2.45, 2.75) is 0 Å². The molecule has 0 radical (unpaired) electrons. The van der Waals surface area contributed by atoms with Crippen LogP contribution in [0.3, 0.4) is 0 Å². The maximum absolute atomic E-state index is 10.5. The predicted molar refractivity (Wildman–Crippen MR) is 111 cm³/mol. The van der Waals surface area contributed by atoms with Crippen molar-refractivity contribution in [2.75, 3.05) is 7.11 Å². The molecule has 5 rings (SSSR count). The van der Waals surface area contributed by atoms with E-state index in [0.29, 0.717) is 21.3 Å². The zero-order chi connectivity index (χ0) is 18.4. The highest BCUT2D eigenvalue weighted by molar-refractivity contribution is 7.23. The van der Waals surface area contributed by atoms with Gasteiger partial charge in [0.25, 0.3) is 0 Å². The molecule has 2 heterocycles. The highest BCUT2D eigenvalue weighted by atomic mass is 32.1. The second-order valence-electron chi connectivity index (χ2n) is 5.95. The summed E-state index contributed by atoms with van der Waals surface area (Å²) in [6, 6.07) is 17.8. The van der Waals surface area contributed by atoms with Crippen LogP contribution in [0.5, 0.6) is 11.5 Å². The first kappa shape index (κ1) is 16.2. The molecular formula is C20H13N3O2S2. The fourth-order valence-corrected chi connectivity index (χ4v) is 4.73. The average Bonchev–Trinajstić information content (AvgIpc) is 3.27. The quantitative estimate of drug-likeness (QED) is 0.344. The molecule has 7 heteroatoms. The van der Waals surface area contributed by atoms with E-state index >= 15 is 0 Å². The van der Waals surface area contributed by atoms with Crippen LogP contribution in [0.15, 0.2) is 64.8 Å². The highest BCUT2D eigenvalue weighted by Gasteiger charge is 2.12. The number of aromatic hydroxyl groups is 1. The standard InChI is InChI=1S/C20H13N3O2S2/c1-25-12-7-9-15-14(10-12)18(24)19(26-15)22-23-20-21-17-13-5-3-2-4-11(13)6-8-16(17)27-20/h2-10,24H,1H3. The van der Waals surface area contributed by atoms with Gasteiger partial charge in [0.2, 0.25) is 5.13 Å². The molecule has 0 aliphatic rings. The molecule has 27 heavy (non-hydrogen) atoms. The number of nitrogens with zero attached hydrogens (tertiary/aromatic N) is 3. The molecule has 0 aliphatic heterocycles. The fourth-order valence-electron chi connectivity index (χ4n) is 3.03. The number of azo groups is 1. The third-order valence-corrected chi connectivity index (χ3v) is 6.30. The largest absolute Gasteiger partial charge is 0.504 e. The molecule has 0 atom stereocenters. The summed E-state index contributed by atoms with van der Waals surface area (Å²) in [5.74, 6) is 0.807. The van der Waals surface area contributed by atoms with Crippen LogP contribution in [-0.2, 0) is 0 Å². The molecule has 0 spiro atoms. The van der Waals surface area contributed by atoms with Gasteiger partial charge in [-0.05, 0) is 29.7 Å². The van der Waals surface area contributed by atoms with Crippen LogP contribution in [0.2, 0.25) is 0 Å². The number of hydrogen-bond acceptors (Lipinski definition) is 7. The van der Waals surface area contributed by atoms with Crippen LogP contribution in [0.25, 0.3) is 31.1 Å². The molecule has 1 N–H and O–H groups in total. The first-order valence-electron chi connectivity index (χ1n) is 8.22. The summed E-state index contributed by atoms with van der Waals surface area (Å²) in [4.78, 5) is 4.63. The van der Waals surface area contributed by atoms with Gasteiger partial charge in [-0.3, -0.25) is 0 Å². The molecule has 5 nitrogen and oxygen atoms in total. The number of aromatic nitrogens is 1. The Morgan fingerprint density at radius 1 is 0.926 bits per heavy atom. The summed E-state index contributed by atoms with van der Waals surface area (Å²) in [5, 5.41) is 23.0. The van der Waals surface area contributed by atoms with Gasteiger partial charge in [0.1, 0.15) is 5.75 Å². The Morgan fingerprint density at radius 3 is 2.67 bits per heavy atom. The van der Waals surface area contributed by atoms with Crippen molar-refractivity contribution in [1.82, 2.24) is 4.98 Å². The van der Waals surface area contributed by atoms with E-state index in [0.717, 1.165) is 25.7 Å². The van der Waals surface area contributed by atoms with Crippen molar-refractivity contribution in [1.29, 1.82) is 0 Å². The lowest BCUT2D eigenvalue weighted by Gasteiger charge is -1.98. The number of ether oxygens (including phenoxy) is 1. The second-order valence-corrected chi connectivity index (χ2v) is 7.99. The van der Waals surface area contributed by atoms with Crippen molar-refractivity contribution < 1.29 is 9.84 Å². The summed E-state index contributed by atoms with van der Waals surface area (Å²) >= 11 is 2.86. The van der Waals surface area contributed by atoms with E-state index in [2.05, 4.69) is 39.5 Å². The third kappa shape index (κ3) is 2.72. The van der Waals surface area contributed by atoms with Crippen molar-refractivity contribution in [3.05, 3.63) is 54.6 Å². The Balaban J connectivity index is 1.56. The van der Waals surface area contributed by atoms with Crippen LogP contribution in [0.4, 0.5) is 10.1 Å². The summed E-state index contributed by atoms with van der Waals surface area (Å²) < 4.78 is 7.21. The molecular weight excluding hydrogens is 378 g/mol. The van der Waals surface area contributed by atoms with E-state index in [-0.39, 0.29) is 5.75 Å². The molecule has 3 aromatic carbocycles. The smallest absolute Gasteiger partial charge is 0.231 e. The molecule has 0 fully saturated rings. The van der Waals surface area contributed by atoms with Gasteiger partial charge in [-0.2, -0.15) is 0 Å². The van der Waals surface area contributed by atoms with Crippen LogP contribution in [0.1, 0.15) is 0 Å². The van der Waals surface area contributed by atoms with Gasteiger partial charge < -0.3 is 9.84 Å². The molecule has 0 amide bonds. The van der Waals surface area contributed by atoms with Gasteiger partial charge in [0, 0.05) is 15.5 Å². The molecule has 0 saturated carbocycles. The molecule has 0 bridgehead atoms. The van der Waals surface area contributed by atoms with Crippen LogP contribution >= 0.6 is 22.7 Å². The fraction of sp³-hybridized carbons (Fsp3) is 0.0500. The van der Waals surface area contributed by atoms with Gasteiger partial charge in [0.05, 0.1) is 17.3 Å². The van der Waals surface area contributed by atoms with Crippen LogP contribution in [0, 0.1) is 0 Å². The van der Waals surface area contributed by atoms with Crippen LogP contribution in [-0.4, -0.2) is 17.2 Å². The van der Waals surface area contributed by atoms with Crippen LogP contribution < -0.4 is 4.74 Å². The maximum Gasteiger partial charge on any atom is 0.231 e. The van der Waals surface area contributed by atoms with Gasteiger partial charge in [-0.15, -0.1) is 21.6 Å². The van der Waals surface area contributed by atoms with Crippen molar-refractivity contribution >= 4 is 63.9 Å². The van der Waals surface area contributed by atoms with E-state index < -0.39 is 0 Å². The van der Waals surface area contributed by atoms with Crippen molar-refractivity contribution in [3.63, 3.8) is 0 Å². The first-order chi connectivity index (χ1) is 13.2. The maximum atomic E-state index is 10.5. The minimum atomic E-state index is 0.115. The Morgan fingerprint density at radius 2 is 1.78 bits per heavy atom. The average molecular weight is 391 g/mol. The van der Waals surface area contributed by atoms with E-state index in [4.69, 9.17) is 4.74 Å². The predicted octanol–water partition coefficient (Wildman–Crippen LogP) is 6.79. The SMILES string of the molecule is COc1ccc2sc(N=Nc3nc4c(ccc5ccccc54)s3)c(O)c2c1. The zero-order valence-electron chi connectivity index (χ0n) is 14.2. The molecule has 132 valence electrons. The second kappa shape index (κ2) is 6.29. The Kier molecular flexibility index (Phi) is 3.77. The minimum Gasteiger partial charge on any atom is -0.504 e. The highest BCUT2D eigenvalue weighted by Crippen LogP contribution is 2.45. The Labute approximate surface area is 162 Å². The topological polar surface area (TPSA) is 67.1 Å². The van der Waals surface area contributed by atoms with Gasteiger partial charge >= 0.3 is 0 Å². The first-order valence-corrected chi connectivity index (χ1v) is 9.86. The molecule has 2 aromatic heterocycles. The Hall–Kier alpha value is -3.03. The van der Waals surface area contributed by atoms with E-state index in [9.17, 15) is 5.11 Å². The summed E-state index contributed by atoms with van der Waals surface area (Å²) in [6.07, 6.45) is 0. The molecule has 0 saturated heterocycles. The number of thiazole rings is 1. The zero-order valence-corrected chi connectivity index (χ0v) is 15.8. The number of methoxy groups -OCH3 is 1. The minimum absolute atomic E-state index is 0.115. The number of benzene rings is 3. The summed E-state index contributed by atoms with van der Waals surface area (Å²) in [6.45, 7) is 0. The number of fused-ring (bicyclic) bond motifs is 4. The van der Waals surface area contributed by atoms with Gasteiger partial charge in [-0.1, -0.05) is 41.7 Å². The van der Waals surface area contributed by atoms with E-state index in [1.165, 1.54) is 22.7 Å². The van der Waals surface area contributed by atoms with Crippen molar-refractivity contribution in [3.8, 4) is 11.5 Å². The lowest BCUT2D eigenvalue weighted by molar-refractivity contribution is 0.415. The number of hydrogen-bond donors (Lipinski definition) is 1. The number of thiophene rings is 1. The van der Waals surface area contributed by atoms with E-state index in [1.807, 2.05) is 24.3 Å². The van der Waals surface area contributed by atoms with E-state index in [1.54, 1.807) is 13.2 Å². The van der Waals surface area contributed by atoms with Crippen molar-refractivity contribution in [2.24, 2.45) is 10.2 Å². The molecule has 0 aliphatic carbocycles. The van der Waals surface area contributed by atoms with Gasteiger partial charge in [0.15, 0.2) is 10.8 Å². The molecule has 5 aromatic rings. The summed E-state index contributed by atoms with van der Waals surface area (Å²) in [7, 11) is 1.60. The Bertz CT molecular complexity index is 1340. The summed E-state index contributed by atoms with van der Waals surface area (Å²) in [5.41, 5.74) is 0.928.